The van der Waals surface area contributed by atoms with Gasteiger partial charge in [-0.25, -0.2) is 4.98 Å². The van der Waals surface area contributed by atoms with Crippen LogP contribution in [0.4, 0.5) is 0 Å². The number of rotatable bonds is 10. The molecule has 0 radical (unpaired) electrons. The predicted octanol–water partition coefficient (Wildman–Crippen LogP) is 4.35. The summed E-state index contributed by atoms with van der Waals surface area (Å²) in [6, 6.07) is 4.70. The SMILES string of the molecule is COc1cc2nc(CSCCN=CC3=C(O)C4(Oc5c(Cl)c(OC)cc(OC)c5C4=O)C(C)CC3=O)[nH]c(=O)c2cc1OC. The largest absolute Gasteiger partial charge is 0.507 e. The van der Waals surface area contributed by atoms with Crippen LogP contribution in [0.1, 0.15) is 29.5 Å². The van der Waals surface area contributed by atoms with Crippen molar-refractivity contribution in [2.45, 2.75) is 24.7 Å². The molecule has 1 aliphatic heterocycles. The van der Waals surface area contributed by atoms with Crippen molar-refractivity contribution >= 4 is 52.0 Å². The van der Waals surface area contributed by atoms with E-state index in [2.05, 4.69) is 15.0 Å². The Kier molecular flexibility index (Phi) is 8.80. The molecule has 0 amide bonds. The number of carbonyl (C=O) groups is 2. The zero-order chi connectivity index (χ0) is 31.8. The number of halogens is 1. The van der Waals surface area contributed by atoms with E-state index in [4.69, 9.17) is 35.3 Å². The average molecular weight is 644 g/mol. The van der Waals surface area contributed by atoms with Crippen molar-refractivity contribution in [3.05, 3.63) is 56.3 Å². The number of ether oxygens (including phenoxy) is 5. The first-order valence-corrected chi connectivity index (χ1v) is 15.0. The summed E-state index contributed by atoms with van der Waals surface area (Å²) in [4.78, 5) is 51.0. The van der Waals surface area contributed by atoms with Gasteiger partial charge in [-0.3, -0.25) is 19.4 Å². The first-order chi connectivity index (χ1) is 21.1. The Hall–Kier alpha value is -4.23. The topological polar surface area (TPSA) is 159 Å². The van der Waals surface area contributed by atoms with Crippen LogP contribution in [0.2, 0.25) is 5.02 Å². The van der Waals surface area contributed by atoms with Crippen molar-refractivity contribution in [1.29, 1.82) is 0 Å². The summed E-state index contributed by atoms with van der Waals surface area (Å²) in [5.41, 5.74) is -1.73. The molecule has 2 atom stereocenters. The Morgan fingerprint density at radius 3 is 2.45 bits per heavy atom. The molecule has 5 rings (SSSR count). The number of nitrogens with zero attached hydrogens (tertiary/aromatic N) is 2. The first-order valence-electron chi connectivity index (χ1n) is 13.5. The normalized spacial score (nSPS) is 19.5. The Bertz CT molecular complexity index is 1790. The van der Waals surface area contributed by atoms with Crippen LogP contribution in [-0.4, -0.2) is 79.2 Å². The molecular formula is C30H30ClN3O9S. The number of H-pyrrole nitrogens is 1. The van der Waals surface area contributed by atoms with Crippen molar-refractivity contribution < 1.29 is 38.4 Å². The van der Waals surface area contributed by atoms with Crippen LogP contribution in [0.15, 0.2) is 39.3 Å². The number of aromatic amines is 1. The monoisotopic (exact) mass is 643 g/mol. The highest BCUT2D eigenvalue weighted by molar-refractivity contribution is 7.98. The molecule has 44 heavy (non-hydrogen) atoms. The van der Waals surface area contributed by atoms with Gasteiger partial charge in [0.15, 0.2) is 28.8 Å². The number of carbonyl (C=O) groups excluding carboxylic acids is 2. The van der Waals surface area contributed by atoms with Crippen LogP contribution in [0.3, 0.4) is 0 Å². The van der Waals surface area contributed by atoms with E-state index in [0.717, 1.165) is 0 Å². The van der Waals surface area contributed by atoms with E-state index < -0.39 is 23.1 Å². The zero-order valence-electron chi connectivity index (χ0n) is 24.6. The van der Waals surface area contributed by atoms with Gasteiger partial charge in [0.1, 0.15) is 27.9 Å². The van der Waals surface area contributed by atoms with E-state index in [-0.39, 0.29) is 57.7 Å². The maximum absolute atomic E-state index is 13.8. The number of allylic oxidation sites excluding steroid dienone is 1. The maximum atomic E-state index is 13.8. The maximum Gasteiger partial charge on any atom is 0.258 e. The van der Waals surface area contributed by atoms with Gasteiger partial charge in [-0.15, -0.1) is 0 Å². The third-order valence-electron chi connectivity index (χ3n) is 7.60. The second-order valence-electron chi connectivity index (χ2n) is 10.1. The van der Waals surface area contributed by atoms with Crippen LogP contribution in [0, 0.1) is 5.92 Å². The molecule has 232 valence electrons. The lowest BCUT2D eigenvalue weighted by atomic mass is 9.73. The van der Waals surface area contributed by atoms with Gasteiger partial charge in [0, 0.05) is 43.0 Å². The fraction of sp³-hybridized carbons (Fsp3) is 0.367. The summed E-state index contributed by atoms with van der Waals surface area (Å²) in [5.74, 6) is 0.548. The fourth-order valence-electron chi connectivity index (χ4n) is 5.34. The molecule has 2 aliphatic rings. The Morgan fingerprint density at radius 1 is 1.09 bits per heavy atom. The molecule has 2 heterocycles. The lowest BCUT2D eigenvalue weighted by molar-refractivity contribution is -0.118. The van der Waals surface area contributed by atoms with E-state index in [1.165, 1.54) is 52.5 Å². The summed E-state index contributed by atoms with van der Waals surface area (Å²) in [6.07, 6.45) is 1.20. The van der Waals surface area contributed by atoms with E-state index >= 15 is 0 Å². The molecule has 14 heteroatoms. The summed E-state index contributed by atoms with van der Waals surface area (Å²) >= 11 is 7.93. The number of benzene rings is 2. The van der Waals surface area contributed by atoms with Crippen LogP contribution in [0.5, 0.6) is 28.7 Å². The number of Topliss-reactive ketones (excluding diaryl/α,β-unsaturated/α-hetero) is 2. The van der Waals surface area contributed by atoms with Crippen molar-refractivity contribution in [3.63, 3.8) is 0 Å². The molecule has 0 bridgehead atoms. The number of hydrogen-bond acceptors (Lipinski definition) is 12. The number of aliphatic hydroxyl groups excluding tert-OH is 1. The second-order valence-corrected chi connectivity index (χ2v) is 11.6. The fourth-order valence-corrected chi connectivity index (χ4v) is 6.31. The van der Waals surface area contributed by atoms with E-state index in [1.54, 1.807) is 19.1 Å². The van der Waals surface area contributed by atoms with Crippen LogP contribution >= 0.6 is 23.4 Å². The number of hydrogen-bond donors (Lipinski definition) is 2. The van der Waals surface area contributed by atoms with Gasteiger partial charge in [-0.2, -0.15) is 11.8 Å². The molecule has 1 spiro atoms. The summed E-state index contributed by atoms with van der Waals surface area (Å²) in [5, 5.41) is 11.8. The molecule has 2 unspecified atom stereocenters. The van der Waals surface area contributed by atoms with E-state index in [9.17, 15) is 19.5 Å². The summed E-state index contributed by atoms with van der Waals surface area (Å²) in [6.45, 7) is 1.93. The highest BCUT2D eigenvalue weighted by atomic mass is 35.5. The van der Waals surface area contributed by atoms with Gasteiger partial charge in [-0.05, 0) is 6.07 Å². The van der Waals surface area contributed by atoms with Crippen LogP contribution < -0.4 is 29.2 Å². The van der Waals surface area contributed by atoms with Crippen molar-refractivity contribution in [2.75, 3.05) is 40.7 Å². The van der Waals surface area contributed by atoms with Gasteiger partial charge >= 0.3 is 0 Å². The quantitative estimate of drug-likeness (QED) is 0.239. The van der Waals surface area contributed by atoms with Crippen molar-refractivity contribution in [3.8, 4) is 28.7 Å². The highest BCUT2D eigenvalue weighted by Gasteiger charge is 2.60. The number of methoxy groups -OCH3 is 4. The molecule has 3 aromatic rings. The molecular weight excluding hydrogens is 614 g/mol. The van der Waals surface area contributed by atoms with Gasteiger partial charge in [-0.1, -0.05) is 18.5 Å². The van der Waals surface area contributed by atoms with E-state index in [1.807, 2.05) is 0 Å². The molecule has 2 aromatic carbocycles. The minimum Gasteiger partial charge on any atom is -0.507 e. The van der Waals surface area contributed by atoms with Gasteiger partial charge in [0.2, 0.25) is 11.4 Å². The number of aliphatic hydroxyl groups is 1. The summed E-state index contributed by atoms with van der Waals surface area (Å²) < 4.78 is 27.4. The summed E-state index contributed by atoms with van der Waals surface area (Å²) in [7, 11) is 5.81. The first kappa shape index (κ1) is 31.2. The average Bonchev–Trinajstić information content (AvgIpc) is 3.33. The number of ketones is 2. The third kappa shape index (κ3) is 5.13. The minimum absolute atomic E-state index is 0.0197. The molecule has 1 aliphatic carbocycles. The molecule has 2 N–H and O–H groups in total. The van der Waals surface area contributed by atoms with Crippen molar-refractivity contribution in [2.24, 2.45) is 10.9 Å². The molecule has 12 nitrogen and oxygen atoms in total. The zero-order valence-corrected chi connectivity index (χ0v) is 26.2. The highest BCUT2D eigenvalue weighted by Crippen LogP contribution is 2.54. The lowest BCUT2D eigenvalue weighted by Crippen LogP contribution is -2.52. The van der Waals surface area contributed by atoms with Gasteiger partial charge in [0.25, 0.3) is 5.56 Å². The Balaban J connectivity index is 1.31. The van der Waals surface area contributed by atoms with E-state index in [0.29, 0.717) is 39.7 Å². The standard InChI is InChI=1S/C30H30ClN3O9S/c1-14-8-18(35)16(27(36)30(14)28(37)24-21(41-4)11-22(42-5)25(31)26(24)43-30)12-32-6-7-44-13-23-33-17-10-20(40-3)19(39-2)9-15(17)29(38)34-23/h9-12,14,36H,6-8,13H2,1-5H3,(H,33,34,38). The van der Waals surface area contributed by atoms with Crippen LogP contribution in [-0.2, 0) is 10.5 Å². The van der Waals surface area contributed by atoms with Crippen molar-refractivity contribution in [1.82, 2.24) is 9.97 Å². The Labute approximate surface area is 261 Å². The van der Waals surface area contributed by atoms with Gasteiger partial charge < -0.3 is 33.8 Å². The predicted molar refractivity (Wildman–Crippen MR) is 166 cm³/mol. The molecule has 0 saturated carbocycles. The smallest absolute Gasteiger partial charge is 0.258 e. The number of aromatic nitrogens is 2. The van der Waals surface area contributed by atoms with Crippen LogP contribution in [0.25, 0.3) is 10.9 Å². The number of fused-ring (bicyclic) bond motifs is 2. The minimum atomic E-state index is -1.87. The number of aliphatic imine (C=N–C) groups is 1. The number of nitrogens with one attached hydrogen (secondary N) is 1. The lowest BCUT2D eigenvalue weighted by Gasteiger charge is -2.36. The molecule has 1 aromatic heterocycles. The van der Waals surface area contributed by atoms with Gasteiger partial charge in [0.05, 0.1) is 50.7 Å². The molecule has 0 saturated heterocycles. The molecule has 0 fully saturated rings. The Morgan fingerprint density at radius 2 is 1.77 bits per heavy atom. The second kappa shape index (κ2) is 12.4. The number of thioether (sulfide) groups is 1. The third-order valence-corrected chi connectivity index (χ3v) is 8.90.